The monoisotopic (exact) mass is 243 g/mol. The summed E-state index contributed by atoms with van der Waals surface area (Å²) in [7, 11) is 0. The van der Waals surface area contributed by atoms with E-state index >= 15 is 0 Å². The van der Waals surface area contributed by atoms with Gasteiger partial charge in [0.1, 0.15) is 0 Å². The van der Waals surface area contributed by atoms with E-state index in [4.69, 9.17) is 5.26 Å². The lowest BCUT2D eigenvalue weighted by Gasteiger charge is -2.08. The van der Waals surface area contributed by atoms with E-state index in [1.807, 2.05) is 37.3 Å². The predicted molar refractivity (Wildman–Crippen MR) is 70.8 cm³/mol. The molecular weight excluding hydrogens is 234 g/mol. The molecular formula is C16H9N3. The third-order valence-electron chi connectivity index (χ3n) is 2.82. The van der Waals surface area contributed by atoms with Crippen LogP contribution in [0.25, 0.3) is 11.1 Å². The maximum Gasteiger partial charge on any atom is 0.0999 e. The van der Waals surface area contributed by atoms with E-state index in [-0.39, 0.29) is 0 Å². The standard InChI is InChI=1S/C16H9N3/c1-11-3-2-4-13(5-11)16-14(9-18)6-12(8-17)7-15(16)10-19/h2-7H,1H3. The average molecular weight is 243 g/mol. The number of aryl methyl sites for hydroxylation is 1. The van der Waals surface area contributed by atoms with Crippen molar-refractivity contribution in [2.45, 2.75) is 6.92 Å². The van der Waals surface area contributed by atoms with Crippen LogP contribution in [0.15, 0.2) is 36.4 Å². The lowest BCUT2D eigenvalue weighted by molar-refractivity contribution is 1.40. The first kappa shape index (κ1) is 12.4. The molecule has 0 spiro atoms. The number of nitrogens with zero attached hydrogens (tertiary/aromatic N) is 3. The van der Waals surface area contributed by atoms with Gasteiger partial charge in [-0.3, -0.25) is 0 Å². The van der Waals surface area contributed by atoms with Gasteiger partial charge in [0.25, 0.3) is 0 Å². The molecule has 19 heavy (non-hydrogen) atoms. The summed E-state index contributed by atoms with van der Waals surface area (Å²) in [6, 6.07) is 16.7. The van der Waals surface area contributed by atoms with Gasteiger partial charge in [0, 0.05) is 5.56 Å². The third kappa shape index (κ3) is 2.29. The molecule has 2 aromatic rings. The second kappa shape index (κ2) is 5.05. The minimum absolute atomic E-state index is 0.324. The summed E-state index contributed by atoms with van der Waals surface area (Å²) in [5.74, 6) is 0. The summed E-state index contributed by atoms with van der Waals surface area (Å²) in [6.45, 7) is 1.95. The number of hydrogen-bond donors (Lipinski definition) is 0. The topological polar surface area (TPSA) is 71.4 Å². The molecule has 0 aromatic heterocycles. The molecule has 0 saturated carbocycles. The van der Waals surface area contributed by atoms with E-state index < -0.39 is 0 Å². The second-order valence-electron chi connectivity index (χ2n) is 4.15. The van der Waals surface area contributed by atoms with Crippen LogP contribution in [0, 0.1) is 40.9 Å². The molecule has 0 heterocycles. The van der Waals surface area contributed by atoms with Gasteiger partial charge in [0.05, 0.1) is 34.9 Å². The third-order valence-corrected chi connectivity index (χ3v) is 2.82. The van der Waals surface area contributed by atoms with E-state index in [9.17, 15) is 10.5 Å². The molecule has 0 atom stereocenters. The fraction of sp³-hybridized carbons (Fsp3) is 0.0625. The molecule has 0 aliphatic heterocycles. The van der Waals surface area contributed by atoms with Crippen LogP contribution in [-0.4, -0.2) is 0 Å². The molecule has 0 unspecified atom stereocenters. The first-order valence-corrected chi connectivity index (χ1v) is 5.65. The van der Waals surface area contributed by atoms with Crippen molar-refractivity contribution in [1.82, 2.24) is 0 Å². The zero-order valence-corrected chi connectivity index (χ0v) is 10.3. The SMILES string of the molecule is Cc1cccc(-c2c(C#N)cc(C#N)cc2C#N)c1. The molecule has 2 rings (SSSR count). The Kier molecular flexibility index (Phi) is 3.29. The smallest absolute Gasteiger partial charge is 0.0999 e. The van der Waals surface area contributed by atoms with Gasteiger partial charge in [0.15, 0.2) is 0 Å². The Hall–Kier alpha value is -3.09. The van der Waals surface area contributed by atoms with Crippen molar-refractivity contribution in [3.63, 3.8) is 0 Å². The first-order valence-electron chi connectivity index (χ1n) is 5.65. The van der Waals surface area contributed by atoms with Crippen molar-refractivity contribution in [3.8, 4) is 29.3 Å². The molecule has 0 aliphatic carbocycles. The fourth-order valence-corrected chi connectivity index (χ4v) is 1.99. The Morgan fingerprint density at radius 3 is 1.95 bits per heavy atom. The van der Waals surface area contributed by atoms with E-state index in [1.54, 1.807) is 0 Å². The molecule has 0 saturated heterocycles. The quantitative estimate of drug-likeness (QED) is 0.771. The van der Waals surface area contributed by atoms with Gasteiger partial charge in [-0.2, -0.15) is 15.8 Å². The van der Waals surface area contributed by atoms with E-state index in [1.165, 1.54) is 12.1 Å². The normalized spacial score (nSPS) is 9.16. The highest BCUT2D eigenvalue weighted by molar-refractivity contribution is 5.78. The van der Waals surface area contributed by atoms with Crippen LogP contribution < -0.4 is 0 Å². The summed E-state index contributed by atoms with van der Waals surface area (Å²) in [6.07, 6.45) is 0. The van der Waals surface area contributed by atoms with E-state index in [2.05, 4.69) is 12.1 Å². The van der Waals surface area contributed by atoms with Crippen LogP contribution in [0.4, 0.5) is 0 Å². The van der Waals surface area contributed by atoms with Gasteiger partial charge in [-0.05, 0) is 24.6 Å². The summed E-state index contributed by atoms with van der Waals surface area (Å²) < 4.78 is 0. The van der Waals surface area contributed by atoms with Gasteiger partial charge in [-0.15, -0.1) is 0 Å². The summed E-state index contributed by atoms with van der Waals surface area (Å²) in [5, 5.41) is 27.4. The largest absolute Gasteiger partial charge is 0.192 e. The van der Waals surface area contributed by atoms with Gasteiger partial charge in [-0.1, -0.05) is 29.8 Å². The van der Waals surface area contributed by atoms with Crippen molar-refractivity contribution in [2.75, 3.05) is 0 Å². The van der Waals surface area contributed by atoms with Crippen molar-refractivity contribution in [2.24, 2.45) is 0 Å². The van der Waals surface area contributed by atoms with Crippen LogP contribution in [0.2, 0.25) is 0 Å². The zero-order chi connectivity index (χ0) is 13.8. The van der Waals surface area contributed by atoms with Crippen molar-refractivity contribution >= 4 is 0 Å². The minimum Gasteiger partial charge on any atom is -0.192 e. The molecule has 0 bridgehead atoms. The Balaban J connectivity index is 2.81. The van der Waals surface area contributed by atoms with Crippen LogP contribution in [0.1, 0.15) is 22.3 Å². The first-order chi connectivity index (χ1) is 9.19. The summed E-state index contributed by atoms with van der Waals surface area (Å²) in [5.41, 5.74) is 3.48. The number of rotatable bonds is 1. The molecule has 0 aliphatic rings. The molecule has 0 N–H and O–H groups in total. The van der Waals surface area contributed by atoms with Gasteiger partial charge >= 0.3 is 0 Å². The van der Waals surface area contributed by atoms with Crippen LogP contribution >= 0.6 is 0 Å². The second-order valence-corrected chi connectivity index (χ2v) is 4.15. The number of benzene rings is 2. The molecule has 3 heteroatoms. The predicted octanol–water partition coefficient (Wildman–Crippen LogP) is 3.28. The Morgan fingerprint density at radius 1 is 0.842 bits per heavy atom. The maximum atomic E-state index is 9.22. The fourth-order valence-electron chi connectivity index (χ4n) is 1.99. The number of hydrogen-bond acceptors (Lipinski definition) is 3. The van der Waals surface area contributed by atoms with Crippen LogP contribution in [0.3, 0.4) is 0 Å². The highest BCUT2D eigenvalue weighted by atomic mass is 14.3. The average Bonchev–Trinajstić information content (AvgIpc) is 2.45. The Morgan fingerprint density at radius 2 is 1.47 bits per heavy atom. The molecule has 0 radical (unpaired) electrons. The van der Waals surface area contributed by atoms with E-state index in [0.717, 1.165) is 11.1 Å². The van der Waals surface area contributed by atoms with E-state index in [0.29, 0.717) is 22.3 Å². The molecule has 2 aromatic carbocycles. The molecule has 0 amide bonds. The lowest BCUT2D eigenvalue weighted by atomic mass is 9.92. The van der Waals surface area contributed by atoms with Gasteiger partial charge < -0.3 is 0 Å². The summed E-state index contributed by atoms with van der Waals surface area (Å²) in [4.78, 5) is 0. The van der Waals surface area contributed by atoms with Gasteiger partial charge in [-0.25, -0.2) is 0 Å². The van der Waals surface area contributed by atoms with Gasteiger partial charge in [0.2, 0.25) is 0 Å². The van der Waals surface area contributed by atoms with Crippen LogP contribution in [-0.2, 0) is 0 Å². The highest BCUT2D eigenvalue weighted by Crippen LogP contribution is 2.29. The number of nitriles is 3. The molecule has 88 valence electrons. The molecule has 3 nitrogen and oxygen atoms in total. The minimum atomic E-state index is 0.324. The maximum absolute atomic E-state index is 9.22. The molecule has 0 fully saturated rings. The highest BCUT2D eigenvalue weighted by Gasteiger charge is 2.13. The lowest BCUT2D eigenvalue weighted by Crippen LogP contribution is -1.92. The Bertz CT molecular complexity index is 733. The van der Waals surface area contributed by atoms with Crippen molar-refractivity contribution in [1.29, 1.82) is 15.8 Å². The van der Waals surface area contributed by atoms with Crippen molar-refractivity contribution in [3.05, 3.63) is 58.7 Å². The Labute approximate surface area is 111 Å². The van der Waals surface area contributed by atoms with Crippen LogP contribution in [0.5, 0.6) is 0 Å². The zero-order valence-electron chi connectivity index (χ0n) is 10.3. The van der Waals surface area contributed by atoms with Crippen molar-refractivity contribution < 1.29 is 0 Å². The summed E-state index contributed by atoms with van der Waals surface area (Å²) >= 11 is 0.